The van der Waals surface area contributed by atoms with Crippen molar-refractivity contribution in [2.24, 2.45) is 5.73 Å². The van der Waals surface area contributed by atoms with Gasteiger partial charge in [0.2, 0.25) is 11.8 Å². The monoisotopic (exact) mass is 363 g/mol. The second-order valence-electron chi connectivity index (χ2n) is 5.98. The smallest absolute Gasteiger partial charge is 0.337 e. The van der Waals surface area contributed by atoms with Gasteiger partial charge in [0.15, 0.2) is 5.41 Å². The largest absolute Gasteiger partial charge is 0.463 e. The van der Waals surface area contributed by atoms with Gasteiger partial charge in [0, 0.05) is 11.3 Å². The van der Waals surface area contributed by atoms with Crippen LogP contribution in [0.15, 0.2) is 47.0 Å². The third-order valence-electron chi connectivity index (χ3n) is 4.68. The van der Waals surface area contributed by atoms with Gasteiger partial charge < -0.3 is 20.1 Å². The molecule has 0 fully saturated rings. The maximum atomic E-state index is 13.6. The van der Waals surface area contributed by atoms with Crippen molar-refractivity contribution in [1.82, 2.24) is 4.90 Å². The van der Waals surface area contributed by atoms with Crippen LogP contribution >= 0.6 is 0 Å². The summed E-state index contributed by atoms with van der Waals surface area (Å²) in [5.74, 6) is 1.23. The number of hydrogen-bond donors (Lipinski definition) is 1. The van der Waals surface area contributed by atoms with Gasteiger partial charge in [0.05, 0.1) is 18.7 Å². The Morgan fingerprint density at radius 3 is 2.78 bits per heavy atom. The van der Waals surface area contributed by atoms with Crippen LogP contribution in [0.1, 0.15) is 19.4 Å². The van der Waals surface area contributed by atoms with Crippen LogP contribution in [0, 0.1) is 23.7 Å². The number of carbonyl (C=O) groups is 2. The van der Waals surface area contributed by atoms with Gasteiger partial charge in [-0.25, -0.2) is 4.79 Å². The highest BCUT2D eigenvalue weighted by molar-refractivity contribution is 6.12. The molecule has 3 rings (SSSR count). The number of hydrogen-bond acceptors (Lipinski definition) is 6. The molecule has 2 heterocycles. The summed E-state index contributed by atoms with van der Waals surface area (Å²) in [5, 5.41) is 9.81. The quantitative estimate of drug-likeness (QED) is 0.641. The number of para-hydroxylation sites is 1. The van der Waals surface area contributed by atoms with E-state index in [4.69, 9.17) is 21.6 Å². The first-order valence-electron chi connectivity index (χ1n) is 8.26. The zero-order valence-corrected chi connectivity index (χ0v) is 14.9. The summed E-state index contributed by atoms with van der Waals surface area (Å²) in [6.07, 6.45) is 5.41. The van der Waals surface area contributed by atoms with Gasteiger partial charge in [-0.3, -0.25) is 4.79 Å². The van der Waals surface area contributed by atoms with Crippen LogP contribution in [0.3, 0.4) is 0 Å². The Balaban J connectivity index is 2.43. The van der Waals surface area contributed by atoms with Crippen LogP contribution in [0.2, 0.25) is 0 Å². The Morgan fingerprint density at radius 1 is 1.44 bits per heavy atom. The topological polar surface area (TPSA) is 106 Å². The third-order valence-corrected chi connectivity index (χ3v) is 4.68. The van der Waals surface area contributed by atoms with Gasteiger partial charge in [0.25, 0.3) is 0 Å². The summed E-state index contributed by atoms with van der Waals surface area (Å²) in [6.45, 7) is 3.30. The Hall–Kier alpha value is -3.71. The Labute approximate surface area is 156 Å². The number of allylic oxidation sites excluding steroid dienone is 1. The number of ether oxygens (including phenoxy) is 2. The summed E-state index contributed by atoms with van der Waals surface area (Å²) in [6, 6.07) is 8.60. The highest BCUT2D eigenvalue weighted by Gasteiger charge is 2.62. The number of nitrogens with zero attached hydrogens (tertiary/aromatic N) is 2. The molecule has 1 atom stereocenters. The molecule has 1 amide bonds. The molecule has 27 heavy (non-hydrogen) atoms. The summed E-state index contributed by atoms with van der Waals surface area (Å²) in [5.41, 5.74) is 4.77. The van der Waals surface area contributed by atoms with E-state index < -0.39 is 17.3 Å². The summed E-state index contributed by atoms with van der Waals surface area (Å²) in [4.78, 5) is 27.7. The second kappa shape index (κ2) is 6.54. The van der Waals surface area contributed by atoms with Crippen LogP contribution < -0.4 is 10.5 Å². The van der Waals surface area contributed by atoms with Crippen LogP contribution in [0.4, 0.5) is 0 Å². The van der Waals surface area contributed by atoms with E-state index in [0.29, 0.717) is 17.0 Å². The molecule has 2 aliphatic heterocycles. The molecular weight excluding hydrogens is 346 g/mol. The molecule has 0 aliphatic carbocycles. The molecule has 1 unspecified atom stereocenters. The number of rotatable bonds is 3. The molecule has 7 nitrogen and oxygen atoms in total. The van der Waals surface area contributed by atoms with Crippen molar-refractivity contribution >= 4 is 11.9 Å². The predicted molar refractivity (Wildman–Crippen MR) is 95.5 cm³/mol. The highest BCUT2D eigenvalue weighted by atomic mass is 16.5. The van der Waals surface area contributed by atoms with Crippen molar-refractivity contribution in [1.29, 1.82) is 5.26 Å². The minimum absolute atomic E-state index is 0.0276. The third kappa shape index (κ3) is 2.29. The van der Waals surface area contributed by atoms with Crippen LogP contribution in [0.25, 0.3) is 0 Å². The van der Waals surface area contributed by atoms with E-state index in [2.05, 4.69) is 5.92 Å². The minimum Gasteiger partial charge on any atom is -0.463 e. The average molecular weight is 363 g/mol. The number of fused-ring (bicyclic) bond motifs is 2. The lowest BCUT2D eigenvalue weighted by Gasteiger charge is -2.35. The predicted octanol–water partition coefficient (Wildman–Crippen LogP) is 1.32. The van der Waals surface area contributed by atoms with Gasteiger partial charge in [-0.1, -0.05) is 24.1 Å². The summed E-state index contributed by atoms with van der Waals surface area (Å²) in [7, 11) is 0. The number of amides is 1. The fraction of sp³-hybridized carbons (Fsp3) is 0.250. The van der Waals surface area contributed by atoms with E-state index in [9.17, 15) is 14.9 Å². The van der Waals surface area contributed by atoms with Gasteiger partial charge in [-0.2, -0.15) is 5.26 Å². The minimum atomic E-state index is -1.75. The molecule has 0 bridgehead atoms. The van der Waals surface area contributed by atoms with Crippen molar-refractivity contribution in [3.8, 4) is 24.2 Å². The van der Waals surface area contributed by atoms with E-state index in [1.807, 2.05) is 6.07 Å². The Morgan fingerprint density at radius 2 is 2.15 bits per heavy atom. The summed E-state index contributed by atoms with van der Waals surface area (Å²) >= 11 is 0. The van der Waals surface area contributed by atoms with E-state index in [-0.39, 0.29) is 30.2 Å². The van der Waals surface area contributed by atoms with E-state index in [0.717, 1.165) is 0 Å². The molecule has 2 N–H and O–H groups in total. The van der Waals surface area contributed by atoms with Crippen molar-refractivity contribution in [3.63, 3.8) is 0 Å². The molecule has 0 saturated carbocycles. The van der Waals surface area contributed by atoms with Crippen LogP contribution in [-0.2, 0) is 19.7 Å². The second-order valence-corrected chi connectivity index (χ2v) is 5.98. The van der Waals surface area contributed by atoms with E-state index in [1.165, 1.54) is 4.90 Å². The Bertz CT molecular complexity index is 993. The average Bonchev–Trinajstić information content (AvgIpc) is 2.85. The van der Waals surface area contributed by atoms with Crippen molar-refractivity contribution in [3.05, 3.63) is 52.6 Å². The first kappa shape index (κ1) is 18.1. The molecular formula is C20H17N3O4. The summed E-state index contributed by atoms with van der Waals surface area (Å²) < 4.78 is 10.7. The number of esters is 1. The number of nitrogens with two attached hydrogens (primary N) is 1. The van der Waals surface area contributed by atoms with Crippen molar-refractivity contribution in [2.75, 3.05) is 13.2 Å². The first-order valence-corrected chi connectivity index (χ1v) is 8.26. The standard InChI is InChI=1S/C20H17N3O4/c1-4-10-23-12(3)16(18(24)26-5-2)20(19(23)25)13-8-6-7-9-15(13)27-17(22)14(20)11-21/h1,6-9H,5,10,22H2,2-3H3. The normalized spacial score (nSPS) is 20.9. The molecule has 136 valence electrons. The molecule has 1 spiro atoms. The maximum Gasteiger partial charge on any atom is 0.337 e. The molecule has 0 aromatic heterocycles. The van der Waals surface area contributed by atoms with Gasteiger partial charge in [0.1, 0.15) is 17.4 Å². The molecule has 1 aromatic rings. The number of benzene rings is 1. The lowest BCUT2D eigenvalue weighted by atomic mass is 9.68. The molecule has 2 aliphatic rings. The molecule has 1 aromatic carbocycles. The molecule has 7 heteroatoms. The van der Waals surface area contributed by atoms with Gasteiger partial charge in [-0.05, 0) is 19.9 Å². The van der Waals surface area contributed by atoms with E-state index >= 15 is 0 Å². The Kier molecular flexibility index (Phi) is 4.39. The number of terminal acetylenes is 1. The van der Waals surface area contributed by atoms with Crippen LogP contribution in [0.5, 0.6) is 5.75 Å². The van der Waals surface area contributed by atoms with Crippen molar-refractivity contribution < 1.29 is 19.1 Å². The van der Waals surface area contributed by atoms with Gasteiger partial charge >= 0.3 is 5.97 Å². The highest BCUT2D eigenvalue weighted by Crippen LogP contribution is 2.53. The van der Waals surface area contributed by atoms with Crippen LogP contribution in [-0.4, -0.2) is 29.9 Å². The zero-order valence-electron chi connectivity index (χ0n) is 14.9. The maximum absolute atomic E-state index is 13.6. The van der Waals surface area contributed by atoms with Gasteiger partial charge in [-0.15, -0.1) is 6.42 Å². The SMILES string of the molecule is C#CCN1C(=O)C2(C(C#N)=C(N)Oc3ccccc32)C(C(=O)OCC)=C1C. The fourth-order valence-corrected chi connectivity index (χ4v) is 3.63. The van der Waals surface area contributed by atoms with Crippen molar-refractivity contribution in [2.45, 2.75) is 19.3 Å². The van der Waals surface area contributed by atoms with E-state index in [1.54, 1.807) is 38.1 Å². The first-order chi connectivity index (χ1) is 12.9. The lowest BCUT2D eigenvalue weighted by molar-refractivity contribution is -0.140. The molecule has 0 saturated heterocycles. The lowest BCUT2D eigenvalue weighted by Crippen LogP contribution is -2.47. The fourth-order valence-electron chi connectivity index (χ4n) is 3.63. The molecule has 0 radical (unpaired) electrons. The number of carbonyl (C=O) groups excluding carboxylic acids is 2. The zero-order chi connectivity index (χ0) is 19.8. The number of nitriles is 1.